The van der Waals surface area contributed by atoms with Gasteiger partial charge in [-0.2, -0.15) is 0 Å². The molecule has 0 spiro atoms. The fourth-order valence-electron chi connectivity index (χ4n) is 1.92. The molecule has 0 bridgehead atoms. The number of hydrogen-bond donors (Lipinski definition) is 1. The highest BCUT2D eigenvalue weighted by Crippen LogP contribution is 2.23. The second kappa shape index (κ2) is 7.29. The third kappa shape index (κ3) is 4.49. The van der Waals surface area contributed by atoms with Crippen molar-refractivity contribution in [2.24, 2.45) is 0 Å². The molecule has 0 aliphatic carbocycles. The first kappa shape index (κ1) is 14.9. The molecule has 3 heteroatoms. The fraction of sp³-hybridized carbons (Fsp3) is 0.167. The summed E-state index contributed by atoms with van der Waals surface area (Å²) >= 11 is 0. The van der Waals surface area contributed by atoms with Crippen molar-refractivity contribution in [3.05, 3.63) is 60.2 Å². The van der Waals surface area contributed by atoms with Crippen LogP contribution < -0.4 is 4.74 Å². The Labute approximate surface area is 124 Å². The molecule has 2 aromatic carbocycles. The van der Waals surface area contributed by atoms with Crippen LogP contribution in [0.25, 0.3) is 17.2 Å². The summed E-state index contributed by atoms with van der Waals surface area (Å²) < 4.78 is 5.55. The lowest BCUT2D eigenvalue weighted by atomic mass is 10.0. The highest BCUT2D eigenvalue weighted by Gasteiger charge is 1.99. The first-order valence-corrected chi connectivity index (χ1v) is 6.93. The average Bonchev–Trinajstić information content (AvgIpc) is 2.52. The molecular formula is C18H18O3. The first-order valence-electron chi connectivity index (χ1n) is 6.93. The van der Waals surface area contributed by atoms with E-state index in [1.165, 1.54) is 0 Å². The van der Waals surface area contributed by atoms with E-state index in [-0.39, 0.29) is 0 Å². The third-order valence-corrected chi connectivity index (χ3v) is 2.99. The minimum atomic E-state index is -0.943. The van der Waals surface area contributed by atoms with E-state index in [9.17, 15) is 4.79 Å². The molecule has 0 aromatic heterocycles. The average molecular weight is 282 g/mol. The van der Waals surface area contributed by atoms with Crippen molar-refractivity contribution >= 4 is 12.0 Å². The molecule has 21 heavy (non-hydrogen) atoms. The molecule has 0 atom stereocenters. The molecule has 1 N–H and O–H groups in total. The van der Waals surface area contributed by atoms with Crippen LogP contribution in [0.5, 0.6) is 5.75 Å². The Kier molecular flexibility index (Phi) is 5.16. The van der Waals surface area contributed by atoms with E-state index in [4.69, 9.17) is 9.84 Å². The number of carboxylic acid groups (broad SMARTS) is 1. The molecule has 0 fully saturated rings. The number of benzene rings is 2. The number of rotatable bonds is 6. The Balaban J connectivity index is 2.09. The van der Waals surface area contributed by atoms with Gasteiger partial charge in [0.05, 0.1) is 6.61 Å². The maximum Gasteiger partial charge on any atom is 0.328 e. The molecule has 2 aromatic rings. The molecule has 108 valence electrons. The second-order valence-electron chi connectivity index (χ2n) is 4.67. The lowest BCUT2D eigenvalue weighted by Crippen LogP contribution is -1.94. The van der Waals surface area contributed by atoms with Crippen molar-refractivity contribution in [3.63, 3.8) is 0 Å². The molecule has 0 heterocycles. The molecule has 2 rings (SSSR count). The molecule has 0 aliphatic heterocycles. The van der Waals surface area contributed by atoms with Gasteiger partial charge in [-0.15, -0.1) is 0 Å². The van der Waals surface area contributed by atoms with E-state index in [2.05, 4.69) is 6.92 Å². The lowest BCUT2D eigenvalue weighted by molar-refractivity contribution is -0.131. The van der Waals surface area contributed by atoms with Gasteiger partial charge in [-0.25, -0.2) is 4.79 Å². The van der Waals surface area contributed by atoms with Crippen molar-refractivity contribution in [2.75, 3.05) is 6.61 Å². The van der Waals surface area contributed by atoms with Gasteiger partial charge in [0.15, 0.2) is 0 Å². The van der Waals surface area contributed by atoms with Crippen molar-refractivity contribution in [1.29, 1.82) is 0 Å². The summed E-state index contributed by atoms with van der Waals surface area (Å²) in [6.45, 7) is 2.80. The number of hydrogen-bond acceptors (Lipinski definition) is 2. The number of ether oxygens (including phenoxy) is 1. The Morgan fingerprint density at radius 1 is 1.05 bits per heavy atom. The highest BCUT2D eigenvalue weighted by molar-refractivity contribution is 5.85. The number of carboxylic acids is 1. The predicted molar refractivity (Wildman–Crippen MR) is 84.3 cm³/mol. The maximum atomic E-state index is 10.5. The number of carbonyl (C=O) groups is 1. The van der Waals surface area contributed by atoms with Crippen LogP contribution in [0.3, 0.4) is 0 Å². The molecule has 0 aliphatic rings. The van der Waals surface area contributed by atoms with Gasteiger partial charge in [-0.1, -0.05) is 43.3 Å². The van der Waals surface area contributed by atoms with Gasteiger partial charge >= 0.3 is 5.97 Å². The molecular weight excluding hydrogens is 264 g/mol. The molecule has 0 saturated heterocycles. The largest absolute Gasteiger partial charge is 0.494 e. The molecule has 0 radical (unpaired) electrons. The summed E-state index contributed by atoms with van der Waals surface area (Å²) in [5.41, 5.74) is 3.06. The summed E-state index contributed by atoms with van der Waals surface area (Å²) in [5, 5.41) is 8.60. The first-order chi connectivity index (χ1) is 10.2. The van der Waals surface area contributed by atoms with Crippen molar-refractivity contribution < 1.29 is 14.6 Å². The van der Waals surface area contributed by atoms with Gasteiger partial charge in [-0.3, -0.25) is 0 Å². The monoisotopic (exact) mass is 282 g/mol. The van der Waals surface area contributed by atoms with E-state index < -0.39 is 5.97 Å². The van der Waals surface area contributed by atoms with Crippen LogP contribution in [0, 0.1) is 0 Å². The molecule has 0 amide bonds. The topological polar surface area (TPSA) is 46.5 Å². The van der Waals surface area contributed by atoms with Gasteiger partial charge in [0.2, 0.25) is 0 Å². The highest BCUT2D eigenvalue weighted by atomic mass is 16.5. The summed E-state index contributed by atoms with van der Waals surface area (Å²) in [4.78, 5) is 10.5. The van der Waals surface area contributed by atoms with Crippen LogP contribution in [-0.2, 0) is 4.79 Å². The zero-order valence-electron chi connectivity index (χ0n) is 12.0. The van der Waals surface area contributed by atoms with Gasteiger partial charge in [0.1, 0.15) is 5.75 Å². The zero-order chi connectivity index (χ0) is 15.1. The smallest absolute Gasteiger partial charge is 0.328 e. The molecule has 0 saturated carbocycles. The molecule has 0 unspecified atom stereocenters. The number of aliphatic carboxylic acids is 1. The van der Waals surface area contributed by atoms with Crippen molar-refractivity contribution in [1.82, 2.24) is 0 Å². The molecule has 3 nitrogen and oxygen atoms in total. The van der Waals surface area contributed by atoms with Crippen LogP contribution in [0.2, 0.25) is 0 Å². The van der Waals surface area contributed by atoms with Crippen molar-refractivity contribution in [2.45, 2.75) is 13.3 Å². The van der Waals surface area contributed by atoms with Gasteiger partial charge < -0.3 is 9.84 Å². The maximum absolute atomic E-state index is 10.5. The van der Waals surface area contributed by atoms with E-state index in [0.717, 1.165) is 41.5 Å². The SMILES string of the molecule is CCCOc1ccc(-c2ccc(/C=C/C(=O)O)cc2)cc1. The van der Waals surface area contributed by atoms with Crippen LogP contribution in [0.4, 0.5) is 0 Å². The Hall–Kier alpha value is -2.55. The van der Waals surface area contributed by atoms with Gasteiger partial charge in [-0.05, 0) is 41.3 Å². The lowest BCUT2D eigenvalue weighted by Gasteiger charge is -2.06. The van der Waals surface area contributed by atoms with E-state index in [1.54, 1.807) is 6.08 Å². The quantitative estimate of drug-likeness (QED) is 0.806. The zero-order valence-corrected chi connectivity index (χ0v) is 12.0. The predicted octanol–water partition coefficient (Wildman–Crippen LogP) is 4.24. The summed E-state index contributed by atoms with van der Waals surface area (Å²) in [7, 11) is 0. The summed E-state index contributed by atoms with van der Waals surface area (Å²) in [6, 6.07) is 15.7. The van der Waals surface area contributed by atoms with E-state index in [0.29, 0.717) is 0 Å². The standard InChI is InChI=1S/C18H18O3/c1-2-13-21-17-10-8-16(9-11-17)15-6-3-14(4-7-15)5-12-18(19)20/h3-12H,2,13H2,1H3,(H,19,20)/b12-5+. The normalized spacial score (nSPS) is 10.7. The summed E-state index contributed by atoms with van der Waals surface area (Å²) in [5.74, 6) is -0.0663. The Morgan fingerprint density at radius 3 is 2.14 bits per heavy atom. The van der Waals surface area contributed by atoms with Crippen LogP contribution in [-0.4, -0.2) is 17.7 Å². The summed E-state index contributed by atoms with van der Waals surface area (Å²) in [6.07, 6.45) is 3.70. The van der Waals surface area contributed by atoms with E-state index >= 15 is 0 Å². The van der Waals surface area contributed by atoms with Crippen LogP contribution in [0.1, 0.15) is 18.9 Å². The Bertz CT molecular complexity index is 610. The Morgan fingerprint density at radius 2 is 1.62 bits per heavy atom. The third-order valence-electron chi connectivity index (χ3n) is 2.99. The fourth-order valence-corrected chi connectivity index (χ4v) is 1.92. The van der Waals surface area contributed by atoms with Gasteiger partial charge in [0.25, 0.3) is 0 Å². The van der Waals surface area contributed by atoms with Crippen LogP contribution >= 0.6 is 0 Å². The van der Waals surface area contributed by atoms with E-state index in [1.807, 2.05) is 48.5 Å². The minimum Gasteiger partial charge on any atom is -0.494 e. The minimum absolute atomic E-state index is 0.726. The van der Waals surface area contributed by atoms with Crippen molar-refractivity contribution in [3.8, 4) is 16.9 Å². The second-order valence-corrected chi connectivity index (χ2v) is 4.67. The van der Waals surface area contributed by atoms with Crippen LogP contribution in [0.15, 0.2) is 54.6 Å². The van der Waals surface area contributed by atoms with Gasteiger partial charge in [0, 0.05) is 6.08 Å².